The molecule has 1 fully saturated rings. The number of aryl methyl sites for hydroxylation is 1. The zero-order chi connectivity index (χ0) is 16.2. The van der Waals surface area contributed by atoms with Crippen molar-refractivity contribution in [2.45, 2.75) is 19.8 Å². The van der Waals surface area contributed by atoms with Gasteiger partial charge in [0.15, 0.2) is 0 Å². The Labute approximate surface area is 129 Å². The van der Waals surface area contributed by atoms with Crippen molar-refractivity contribution in [1.29, 1.82) is 0 Å². The number of rotatable bonds is 5. The number of methoxy groups -OCH3 is 1. The van der Waals surface area contributed by atoms with Crippen LogP contribution in [-0.2, 0) is 9.53 Å². The van der Waals surface area contributed by atoms with E-state index in [1.165, 1.54) is 0 Å². The summed E-state index contributed by atoms with van der Waals surface area (Å²) in [7, 11) is 1.54. The maximum absolute atomic E-state index is 12.2. The Morgan fingerprint density at radius 3 is 2.82 bits per heavy atom. The molecule has 6 heteroatoms. The molecule has 0 aromatic heterocycles. The van der Waals surface area contributed by atoms with Gasteiger partial charge in [-0.25, -0.2) is 0 Å². The number of ether oxygens (including phenoxy) is 2. The van der Waals surface area contributed by atoms with Crippen LogP contribution in [-0.4, -0.2) is 43.9 Å². The molecule has 0 saturated carbocycles. The molecule has 1 aromatic carbocycles. The third-order valence-electron chi connectivity index (χ3n) is 4.03. The van der Waals surface area contributed by atoms with Gasteiger partial charge in [0.1, 0.15) is 11.2 Å². The molecule has 1 aromatic rings. The second kappa shape index (κ2) is 6.79. The zero-order valence-corrected chi connectivity index (χ0v) is 12.8. The summed E-state index contributed by atoms with van der Waals surface area (Å²) in [4.78, 5) is 23.8. The highest BCUT2D eigenvalue weighted by Gasteiger charge is 2.41. The summed E-state index contributed by atoms with van der Waals surface area (Å²) in [6.45, 7) is 2.63. The van der Waals surface area contributed by atoms with Crippen LogP contribution in [0.2, 0.25) is 0 Å². The summed E-state index contributed by atoms with van der Waals surface area (Å²) in [6.07, 6.45) is 1.18. The molecule has 1 saturated heterocycles. The van der Waals surface area contributed by atoms with Crippen LogP contribution in [0.25, 0.3) is 0 Å². The molecular formula is C16H21NO5. The van der Waals surface area contributed by atoms with Crippen LogP contribution < -0.4 is 10.1 Å². The number of nitrogens with one attached hydrogen (secondary N) is 1. The minimum absolute atomic E-state index is 0.0529. The highest BCUT2D eigenvalue weighted by Crippen LogP contribution is 2.28. The standard InChI is InChI=1S/C16H21NO5/c1-11-4-5-12(8-13(11)21-2)14(18)17-9-16(15(19)20)6-3-7-22-10-16/h4-5,8H,3,6-7,9-10H2,1-2H3,(H,17,18)(H,19,20). The van der Waals surface area contributed by atoms with Gasteiger partial charge in [-0.05, 0) is 37.5 Å². The van der Waals surface area contributed by atoms with E-state index in [1.807, 2.05) is 6.92 Å². The predicted molar refractivity (Wildman–Crippen MR) is 80.2 cm³/mol. The number of carbonyl (C=O) groups excluding carboxylic acids is 1. The van der Waals surface area contributed by atoms with Crippen molar-refractivity contribution in [3.8, 4) is 5.75 Å². The number of amides is 1. The van der Waals surface area contributed by atoms with Crippen LogP contribution in [0.5, 0.6) is 5.75 Å². The second-order valence-corrected chi connectivity index (χ2v) is 5.61. The van der Waals surface area contributed by atoms with Gasteiger partial charge in [-0.1, -0.05) is 6.07 Å². The zero-order valence-electron chi connectivity index (χ0n) is 12.8. The molecule has 1 atom stereocenters. The van der Waals surface area contributed by atoms with Gasteiger partial charge >= 0.3 is 5.97 Å². The second-order valence-electron chi connectivity index (χ2n) is 5.61. The largest absolute Gasteiger partial charge is 0.496 e. The average Bonchev–Trinajstić information content (AvgIpc) is 2.53. The molecule has 1 unspecified atom stereocenters. The average molecular weight is 307 g/mol. The Balaban J connectivity index is 2.06. The molecule has 1 heterocycles. The first kappa shape index (κ1) is 16.3. The Morgan fingerprint density at radius 2 is 2.23 bits per heavy atom. The molecule has 6 nitrogen and oxygen atoms in total. The molecule has 0 radical (unpaired) electrons. The number of carboxylic acid groups (broad SMARTS) is 1. The van der Waals surface area contributed by atoms with E-state index in [1.54, 1.807) is 25.3 Å². The van der Waals surface area contributed by atoms with Crippen molar-refractivity contribution in [2.75, 3.05) is 26.9 Å². The minimum Gasteiger partial charge on any atom is -0.496 e. The van der Waals surface area contributed by atoms with Crippen molar-refractivity contribution < 1.29 is 24.2 Å². The third-order valence-corrected chi connectivity index (χ3v) is 4.03. The molecular weight excluding hydrogens is 286 g/mol. The lowest BCUT2D eigenvalue weighted by Crippen LogP contribution is -2.48. The summed E-state index contributed by atoms with van der Waals surface area (Å²) < 4.78 is 10.5. The maximum Gasteiger partial charge on any atom is 0.313 e. The van der Waals surface area contributed by atoms with Gasteiger partial charge in [0.05, 0.1) is 13.7 Å². The van der Waals surface area contributed by atoms with Gasteiger partial charge in [-0.3, -0.25) is 9.59 Å². The number of benzene rings is 1. The van der Waals surface area contributed by atoms with Gasteiger partial charge in [0.2, 0.25) is 0 Å². The number of hydrogen-bond donors (Lipinski definition) is 2. The van der Waals surface area contributed by atoms with Crippen molar-refractivity contribution >= 4 is 11.9 Å². The van der Waals surface area contributed by atoms with Crippen LogP contribution in [0.3, 0.4) is 0 Å². The lowest BCUT2D eigenvalue weighted by atomic mass is 9.82. The fraction of sp³-hybridized carbons (Fsp3) is 0.500. The summed E-state index contributed by atoms with van der Waals surface area (Å²) in [5, 5.41) is 12.1. The van der Waals surface area contributed by atoms with E-state index in [9.17, 15) is 14.7 Å². The maximum atomic E-state index is 12.2. The van der Waals surface area contributed by atoms with Crippen LogP contribution in [0.1, 0.15) is 28.8 Å². The van der Waals surface area contributed by atoms with E-state index in [2.05, 4.69) is 5.32 Å². The molecule has 1 aliphatic heterocycles. The van der Waals surface area contributed by atoms with E-state index in [4.69, 9.17) is 9.47 Å². The lowest BCUT2D eigenvalue weighted by molar-refractivity contribution is -0.156. The first-order valence-corrected chi connectivity index (χ1v) is 7.22. The third kappa shape index (κ3) is 3.39. The first-order valence-electron chi connectivity index (χ1n) is 7.22. The summed E-state index contributed by atoms with van der Waals surface area (Å²) >= 11 is 0. The SMILES string of the molecule is COc1cc(C(=O)NCC2(C(=O)O)CCCOC2)ccc1C. The molecule has 0 bridgehead atoms. The summed E-state index contributed by atoms with van der Waals surface area (Å²) in [6, 6.07) is 5.14. The number of carboxylic acids is 1. The van der Waals surface area contributed by atoms with Gasteiger partial charge in [0.25, 0.3) is 5.91 Å². The fourth-order valence-corrected chi connectivity index (χ4v) is 2.55. The number of hydrogen-bond acceptors (Lipinski definition) is 4. The van der Waals surface area contributed by atoms with Crippen molar-refractivity contribution in [3.63, 3.8) is 0 Å². The molecule has 120 valence electrons. The Bertz CT molecular complexity index is 564. The Hall–Kier alpha value is -2.08. The molecule has 1 amide bonds. The van der Waals surface area contributed by atoms with E-state index in [0.717, 1.165) is 5.56 Å². The molecule has 22 heavy (non-hydrogen) atoms. The Kier molecular flexibility index (Phi) is 5.03. The van der Waals surface area contributed by atoms with Gasteiger partial charge in [-0.15, -0.1) is 0 Å². The summed E-state index contributed by atoms with van der Waals surface area (Å²) in [5.74, 6) is -0.625. The smallest absolute Gasteiger partial charge is 0.313 e. The number of aliphatic carboxylic acids is 1. The highest BCUT2D eigenvalue weighted by molar-refractivity contribution is 5.95. The Morgan fingerprint density at radius 1 is 1.45 bits per heavy atom. The molecule has 0 aliphatic carbocycles. The summed E-state index contributed by atoms with van der Waals surface area (Å²) in [5.41, 5.74) is 0.337. The quantitative estimate of drug-likeness (QED) is 0.863. The van der Waals surface area contributed by atoms with Gasteiger partial charge in [0, 0.05) is 18.7 Å². The lowest BCUT2D eigenvalue weighted by Gasteiger charge is -2.33. The fourth-order valence-electron chi connectivity index (χ4n) is 2.55. The van der Waals surface area contributed by atoms with Crippen molar-refractivity contribution in [3.05, 3.63) is 29.3 Å². The monoisotopic (exact) mass is 307 g/mol. The first-order chi connectivity index (χ1) is 10.5. The predicted octanol–water partition coefficient (Wildman–Crippen LogP) is 1.61. The molecule has 1 aliphatic rings. The van der Waals surface area contributed by atoms with E-state index >= 15 is 0 Å². The van der Waals surface area contributed by atoms with Crippen LogP contribution in [0.4, 0.5) is 0 Å². The molecule has 2 rings (SSSR count). The molecule has 2 N–H and O–H groups in total. The number of carbonyl (C=O) groups is 2. The van der Waals surface area contributed by atoms with Gasteiger partial charge in [-0.2, -0.15) is 0 Å². The highest BCUT2D eigenvalue weighted by atomic mass is 16.5. The van der Waals surface area contributed by atoms with Crippen LogP contribution in [0.15, 0.2) is 18.2 Å². The van der Waals surface area contributed by atoms with Crippen LogP contribution >= 0.6 is 0 Å². The topological polar surface area (TPSA) is 84.9 Å². The van der Waals surface area contributed by atoms with Crippen LogP contribution in [0, 0.1) is 12.3 Å². The van der Waals surface area contributed by atoms with Gasteiger partial charge < -0.3 is 19.9 Å². The minimum atomic E-state index is -1.04. The van der Waals surface area contributed by atoms with E-state index in [0.29, 0.717) is 30.8 Å². The van der Waals surface area contributed by atoms with E-state index < -0.39 is 11.4 Å². The van der Waals surface area contributed by atoms with Crippen molar-refractivity contribution in [1.82, 2.24) is 5.32 Å². The molecule has 0 spiro atoms. The van der Waals surface area contributed by atoms with Crippen molar-refractivity contribution in [2.24, 2.45) is 5.41 Å². The normalized spacial score (nSPS) is 21.2. The van der Waals surface area contributed by atoms with E-state index in [-0.39, 0.29) is 19.1 Å².